The molecule has 0 saturated carbocycles. The number of hydrogen-bond acceptors (Lipinski definition) is 5. The molecular formula is C15H23ClN2O4S. The zero-order valence-electron chi connectivity index (χ0n) is 13.5. The summed E-state index contributed by atoms with van der Waals surface area (Å²) < 4.78 is 31.9. The summed E-state index contributed by atoms with van der Waals surface area (Å²) in [4.78, 5) is 11.9. The van der Waals surface area contributed by atoms with Crippen LogP contribution in [0.25, 0.3) is 0 Å². The average molecular weight is 363 g/mol. The predicted molar refractivity (Wildman–Crippen MR) is 90.6 cm³/mol. The number of nitrogens with one attached hydrogen (secondary N) is 1. The Labute approximate surface area is 143 Å². The summed E-state index contributed by atoms with van der Waals surface area (Å²) in [5.74, 6) is -0.635. The van der Waals surface area contributed by atoms with Gasteiger partial charge in [0.1, 0.15) is 0 Å². The maximum absolute atomic E-state index is 12.9. The molecule has 1 saturated heterocycles. The maximum atomic E-state index is 12.9. The van der Waals surface area contributed by atoms with E-state index in [-0.39, 0.29) is 28.9 Å². The van der Waals surface area contributed by atoms with Crippen LogP contribution < -0.4 is 5.32 Å². The Hall–Kier alpha value is -1.15. The molecule has 0 aliphatic carbocycles. The Balaban J connectivity index is 0.00000264. The van der Waals surface area contributed by atoms with Crippen molar-refractivity contribution in [1.82, 2.24) is 9.62 Å². The minimum atomic E-state index is -3.72. The number of hydrogen-bond donors (Lipinski definition) is 1. The van der Waals surface area contributed by atoms with Gasteiger partial charge in [0.05, 0.1) is 17.6 Å². The van der Waals surface area contributed by atoms with E-state index in [0.29, 0.717) is 13.1 Å². The van der Waals surface area contributed by atoms with Crippen LogP contribution in [0.2, 0.25) is 0 Å². The molecule has 2 rings (SSSR count). The van der Waals surface area contributed by atoms with Crippen molar-refractivity contribution in [3.05, 3.63) is 29.3 Å². The molecule has 1 aliphatic heterocycles. The second-order valence-corrected chi connectivity index (χ2v) is 7.39. The summed E-state index contributed by atoms with van der Waals surface area (Å²) in [5.41, 5.74) is 0.903. The van der Waals surface area contributed by atoms with Crippen molar-refractivity contribution >= 4 is 28.4 Å². The summed E-state index contributed by atoms with van der Waals surface area (Å²) >= 11 is 0. The van der Waals surface area contributed by atoms with Crippen molar-refractivity contribution in [2.75, 3.05) is 27.2 Å². The second kappa shape index (κ2) is 8.10. The fourth-order valence-electron chi connectivity index (χ4n) is 2.67. The van der Waals surface area contributed by atoms with Gasteiger partial charge in [0.25, 0.3) is 0 Å². The van der Waals surface area contributed by atoms with Crippen LogP contribution in [-0.4, -0.2) is 52.0 Å². The highest BCUT2D eigenvalue weighted by atomic mass is 35.5. The Bertz CT molecular complexity index is 663. The Morgan fingerprint density at radius 2 is 2.09 bits per heavy atom. The second-order valence-electron chi connectivity index (χ2n) is 5.48. The summed E-state index contributed by atoms with van der Waals surface area (Å²) in [6, 6.07) is 4.87. The number of sulfonamides is 1. The lowest BCUT2D eigenvalue weighted by atomic mass is 10.1. The van der Waals surface area contributed by atoms with E-state index in [1.54, 1.807) is 19.1 Å². The number of carbonyl (C=O) groups is 1. The minimum Gasteiger partial charge on any atom is -0.465 e. The van der Waals surface area contributed by atoms with Crippen LogP contribution in [0.5, 0.6) is 0 Å². The highest BCUT2D eigenvalue weighted by Crippen LogP contribution is 2.25. The van der Waals surface area contributed by atoms with Gasteiger partial charge in [0, 0.05) is 19.1 Å². The Kier molecular flexibility index (Phi) is 7.01. The van der Waals surface area contributed by atoms with Gasteiger partial charge in [-0.1, -0.05) is 11.6 Å². The van der Waals surface area contributed by atoms with E-state index in [1.165, 1.54) is 17.5 Å². The third-order valence-electron chi connectivity index (χ3n) is 3.95. The predicted octanol–water partition coefficient (Wildman–Crippen LogP) is 1.58. The number of halogens is 1. The Morgan fingerprint density at radius 1 is 1.39 bits per heavy atom. The number of nitrogens with zero attached hydrogens (tertiary/aromatic N) is 1. The van der Waals surface area contributed by atoms with Gasteiger partial charge in [-0.3, -0.25) is 0 Å². The fraction of sp³-hybridized carbons (Fsp3) is 0.533. The molecule has 0 radical (unpaired) electrons. The smallest absolute Gasteiger partial charge is 0.339 e. The van der Waals surface area contributed by atoms with Crippen molar-refractivity contribution in [2.24, 2.45) is 0 Å². The van der Waals surface area contributed by atoms with Gasteiger partial charge in [-0.2, -0.15) is 4.31 Å². The van der Waals surface area contributed by atoms with Crippen molar-refractivity contribution in [1.29, 1.82) is 0 Å². The van der Waals surface area contributed by atoms with Crippen molar-refractivity contribution in [3.63, 3.8) is 0 Å². The molecule has 0 amide bonds. The highest BCUT2D eigenvalue weighted by Gasteiger charge is 2.32. The van der Waals surface area contributed by atoms with Gasteiger partial charge >= 0.3 is 5.97 Å². The quantitative estimate of drug-likeness (QED) is 0.823. The molecule has 1 atom stereocenters. The van der Waals surface area contributed by atoms with Crippen molar-refractivity contribution in [2.45, 2.75) is 30.7 Å². The normalized spacial score (nSPS) is 19.0. The number of aryl methyl sites for hydroxylation is 1. The number of methoxy groups -OCH3 is 1. The fourth-order valence-corrected chi connectivity index (χ4v) is 4.36. The van der Waals surface area contributed by atoms with Crippen LogP contribution in [0, 0.1) is 6.92 Å². The molecule has 1 aliphatic rings. The van der Waals surface area contributed by atoms with Gasteiger partial charge in [-0.05, 0) is 38.9 Å². The van der Waals surface area contributed by atoms with Crippen molar-refractivity contribution in [3.8, 4) is 0 Å². The number of piperidine rings is 1. The number of benzene rings is 1. The SMILES string of the molecule is CNC1CCCN(S(=O)(=O)c2ccc(C)cc2C(=O)OC)C1.Cl. The van der Waals surface area contributed by atoms with Crippen LogP contribution in [0.1, 0.15) is 28.8 Å². The van der Waals surface area contributed by atoms with Crippen LogP contribution in [0.4, 0.5) is 0 Å². The summed E-state index contributed by atoms with van der Waals surface area (Å²) in [6.45, 7) is 2.68. The third kappa shape index (κ3) is 4.23. The molecule has 1 unspecified atom stereocenters. The van der Waals surface area contributed by atoms with E-state index in [9.17, 15) is 13.2 Å². The lowest BCUT2D eigenvalue weighted by Gasteiger charge is -2.32. The van der Waals surface area contributed by atoms with E-state index >= 15 is 0 Å². The van der Waals surface area contributed by atoms with Crippen LogP contribution in [-0.2, 0) is 14.8 Å². The molecule has 6 nitrogen and oxygen atoms in total. The third-order valence-corrected chi connectivity index (χ3v) is 5.87. The van der Waals surface area contributed by atoms with Gasteiger partial charge in [0.15, 0.2) is 0 Å². The number of esters is 1. The summed E-state index contributed by atoms with van der Waals surface area (Å²) in [5, 5.41) is 3.12. The lowest BCUT2D eigenvalue weighted by molar-refractivity contribution is 0.0596. The maximum Gasteiger partial charge on any atom is 0.339 e. The van der Waals surface area contributed by atoms with Gasteiger partial charge in [-0.25, -0.2) is 13.2 Å². The van der Waals surface area contributed by atoms with E-state index in [2.05, 4.69) is 5.32 Å². The first-order chi connectivity index (χ1) is 10.4. The summed E-state index contributed by atoms with van der Waals surface area (Å²) in [6.07, 6.45) is 1.74. The van der Waals surface area contributed by atoms with E-state index in [1.807, 2.05) is 7.05 Å². The van der Waals surface area contributed by atoms with Gasteiger partial charge in [0.2, 0.25) is 10.0 Å². The molecule has 1 fully saturated rings. The van der Waals surface area contributed by atoms with Crippen molar-refractivity contribution < 1.29 is 17.9 Å². The van der Waals surface area contributed by atoms with Gasteiger partial charge in [-0.15, -0.1) is 12.4 Å². The zero-order valence-corrected chi connectivity index (χ0v) is 15.2. The number of likely N-dealkylation sites (N-methyl/N-ethyl adjacent to an activating group) is 1. The Morgan fingerprint density at radius 3 is 2.70 bits per heavy atom. The number of carbonyl (C=O) groups excluding carboxylic acids is 1. The standard InChI is InChI=1S/C15H22N2O4S.ClH/c1-11-6-7-14(13(9-11)15(18)21-3)22(19,20)17-8-4-5-12(10-17)16-2;/h6-7,9,12,16H,4-5,8,10H2,1-3H3;1H. The lowest BCUT2D eigenvalue weighted by Crippen LogP contribution is -2.47. The molecule has 0 bridgehead atoms. The monoisotopic (exact) mass is 362 g/mol. The molecule has 8 heteroatoms. The van der Waals surface area contributed by atoms with Crippen LogP contribution >= 0.6 is 12.4 Å². The summed E-state index contributed by atoms with van der Waals surface area (Å²) in [7, 11) is -0.640. The molecule has 130 valence electrons. The zero-order chi connectivity index (χ0) is 16.3. The molecule has 1 aromatic carbocycles. The first kappa shape index (κ1) is 19.9. The first-order valence-electron chi connectivity index (χ1n) is 7.26. The molecule has 1 N–H and O–H groups in total. The molecule has 0 spiro atoms. The van der Waals surface area contributed by atoms with E-state index in [0.717, 1.165) is 18.4 Å². The molecular weight excluding hydrogens is 340 g/mol. The number of ether oxygens (including phenoxy) is 1. The van der Waals surface area contributed by atoms with E-state index < -0.39 is 16.0 Å². The van der Waals surface area contributed by atoms with E-state index in [4.69, 9.17) is 4.74 Å². The molecule has 1 heterocycles. The first-order valence-corrected chi connectivity index (χ1v) is 8.70. The minimum absolute atomic E-state index is 0. The molecule has 23 heavy (non-hydrogen) atoms. The highest BCUT2D eigenvalue weighted by molar-refractivity contribution is 7.89. The topological polar surface area (TPSA) is 75.7 Å². The number of rotatable bonds is 4. The molecule has 1 aromatic rings. The molecule has 0 aromatic heterocycles. The van der Waals surface area contributed by atoms with Crippen LogP contribution in [0.15, 0.2) is 23.1 Å². The van der Waals surface area contributed by atoms with Gasteiger partial charge < -0.3 is 10.1 Å². The van der Waals surface area contributed by atoms with Crippen LogP contribution in [0.3, 0.4) is 0 Å². The average Bonchev–Trinajstić information content (AvgIpc) is 2.53. The largest absolute Gasteiger partial charge is 0.465 e.